The van der Waals surface area contributed by atoms with E-state index in [9.17, 15) is 4.21 Å². The van der Waals surface area contributed by atoms with Crippen molar-refractivity contribution in [3.05, 3.63) is 0 Å². The third kappa shape index (κ3) is 5.65. The number of hydrogen-bond acceptors (Lipinski definition) is 3. The summed E-state index contributed by atoms with van der Waals surface area (Å²) in [4.78, 5) is 0. The van der Waals surface area contributed by atoms with Crippen molar-refractivity contribution in [1.29, 1.82) is 0 Å². The normalized spacial score (nSPS) is 15.9. The van der Waals surface area contributed by atoms with Crippen LogP contribution < -0.4 is 0 Å². The zero-order valence-corrected chi connectivity index (χ0v) is 8.30. The van der Waals surface area contributed by atoms with Crippen LogP contribution in [0.25, 0.3) is 0 Å². The molecule has 0 fully saturated rings. The number of hydrogen-bond donors (Lipinski definition) is 1. The summed E-state index contributed by atoms with van der Waals surface area (Å²) in [6.07, 6.45) is 0.649. The van der Waals surface area contributed by atoms with Crippen molar-refractivity contribution < 1.29 is 18.2 Å². The van der Waals surface area contributed by atoms with Gasteiger partial charge in [-0.2, -0.15) is 0 Å². The van der Waals surface area contributed by atoms with Crippen molar-refractivity contribution in [3.63, 3.8) is 0 Å². The van der Waals surface area contributed by atoms with Crippen LogP contribution in [0.4, 0.5) is 0 Å². The summed E-state index contributed by atoms with van der Waals surface area (Å²) in [7, 11) is 1.59. The molecule has 0 amide bonds. The molecule has 0 aromatic heterocycles. The smallest absolute Gasteiger partial charge is 0.158 e. The third-order valence-corrected chi connectivity index (χ3v) is 2.52. The van der Waals surface area contributed by atoms with Crippen molar-refractivity contribution in [2.75, 3.05) is 26.9 Å². The van der Waals surface area contributed by atoms with Gasteiger partial charge in [-0.3, -0.25) is 0 Å². The zero-order valence-electron chi connectivity index (χ0n) is 7.49. The summed E-state index contributed by atoms with van der Waals surface area (Å²) in [5.41, 5.74) is 0. The second kappa shape index (κ2) is 7.67. The summed E-state index contributed by atoms with van der Waals surface area (Å²) in [5.74, 6) is 0. The Hall–Kier alpha value is 0.0300. The standard InChI is InChI=1S/C7H16O4S/c1-3-7(12(8)9)6-11-5-4-10-2/h7H,3-6H2,1-2H3,(H,8,9). The van der Waals surface area contributed by atoms with Crippen molar-refractivity contribution in [1.82, 2.24) is 0 Å². The molecule has 0 saturated carbocycles. The Morgan fingerprint density at radius 1 is 1.50 bits per heavy atom. The van der Waals surface area contributed by atoms with E-state index in [4.69, 9.17) is 14.0 Å². The fourth-order valence-corrected chi connectivity index (χ4v) is 1.17. The van der Waals surface area contributed by atoms with Crippen LogP contribution in [0.1, 0.15) is 13.3 Å². The highest BCUT2D eigenvalue weighted by atomic mass is 32.2. The molecule has 12 heavy (non-hydrogen) atoms. The monoisotopic (exact) mass is 196 g/mol. The van der Waals surface area contributed by atoms with Gasteiger partial charge in [-0.05, 0) is 6.42 Å². The van der Waals surface area contributed by atoms with Crippen LogP contribution in [0.3, 0.4) is 0 Å². The van der Waals surface area contributed by atoms with E-state index in [0.29, 0.717) is 26.2 Å². The Kier molecular flexibility index (Phi) is 7.69. The van der Waals surface area contributed by atoms with Crippen LogP contribution in [-0.2, 0) is 20.6 Å². The number of rotatable bonds is 7. The van der Waals surface area contributed by atoms with Crippen LogP contribution >= 0.6 is 0 Å². The average molecular weight is 196 g/mol. The van der Waals surface area contributed by atoms with Crippen molar-refractivity contribution in [2.45, 2.75) is 18.6 Å². The molecule has 0 aliphatic carbocycles. The van der Waals surface area contributed by atoms with Gasteiger partial charge >= 0.3 is 0 Å². The van der Waals surface area contributed by atoms with E-state index in [-0.39, 0.29) is 5.25 Å². The highest BCUT2D eigenvalue weighted by Gasteiger charge is 2.11. The molecule has 1 N–H and O–H groups in total. The molecule has 0 rings (SSSR count). The Balaban J connectivity index is 3.38. The second-order valence-corrected chi connectivity index (χ2v) is 3.59. The van der Waals surface area contributed by atoms with Crippen LogP contribution in [0.5, 0.6) is 0 Å². The van der Waals surface area contributed by atoms with Crippen molar-refractivity contribution in [2.24, 2.45) is 0 Å². The molecular formula is C7H16O4S. The van der Waals surface area contributed by atoms with E-state index in [2.05, 4.69) is 0 Å². The average Bonchev–Trinajstić information content (AvgIpc) is 2.04. The van der Waals surface area contributed by atoms with Crippen LogP contribution in [0, 0.1) is 0 Å². The minimum atomic E-state index is -1.77. The summed E-state index contributed by atoms with van der Waals surface area (Å²) in [6.45, 7) is 3.18. The molecule has 0 spiro atoms. The van der Waals surface area contributed by atoms with Gasteiger partial charge in [0.25, 0.3) is 0 Å². The van der Waals surface area contributed by atoms with Crippen LogP contribution in [-0.4, -0.2) is 40.9 Å². The fraction of sp³-hybridized carbons (Fsp3) is 1.00. The highest BCUT2D eigenvalue weighted by molar-refractivity contribution is 7.79. The lowest BCUT2D eigenvalue weighted by atomic mass is 10.3. The van der Waals surface area contributed by atoms with E-state index in [1.165, 1.54) is 0 Å². The largest absolute Gasteiger partial charge is 0.382 e. The molecule has 0 saturated heterocycles. The first kappa shape index (κ1) is 12.0. The summed E-state index contributed by atoms with van der Waals surface area (Å²) >= 11 is -1.77. The predicted octanol–water partition coefficient (Wildman–Crippen LogP) is 0.650. The van der Waals surface area contributed by atoms with Crippen LogP contribution in [0.15, 0.2) is 0 Å². The molecule has 0 aromatic carbocycles. The first-order valence-electron chi connectivity index (χ1n) is 3.88. The lowest BCUT2D eigenvalue weighted by molar-refractivity contribution is 0.0701. The third-order valence-electron chi connectivity index (χ3n) is 1.48. The molecule has 2 unspecified atom stereocenters. The molecule has 0 aromatic rings. The topological polar surface area (TPSA) is 55.8 Å². The molecule has 2 atom stereocenters. The number of ether oxygens (including phenoxy) is 2. The first-order chi connectivity index (χ1) is 5.72. The van der Waals surface area contributed by atoms with E-state index >= 15 is 0 Å². The minimum absolute atomic E-state index is 0.276. The van der Waals surface area contributed by atoms with Crippen molar-refractivity contribution >= 4 is 11.1 Å². The molecule has 0 aliphatic rings. The van der Waals surface area contributed by atoms with Gasteiger partial charge in [0, 0.05) is 7.11 Å². The lowest BCUT2D eigenvalue weighted by Crippen LogP contribution is -2.21. The van der Waals surface area contributed by atoms with Gasteiger partial charge in [0.05, 0.1) is 25.1 Å². The SMILES string of the molecule is CCC(COCCOC)S(=O)O. The van der Waals surface area contributed by atoms with E-state index in [1.807, 2.05) is 6.92 Å². The lowest BCUT2D eigenvalue weighted by Gasteiger charge is -2.10. The Bertz CT molecular complexity index is 129. The van der Waals surface area contributed by atoms with Gasteiger partial charge in [-0.25, -0.2) is 4.21 Å². The van der Waals surface area contributed by atoms with Gasteiger partial charge in [0.15, 0.2) is 11.1 Å². The molecule has 5 heteroatoms. The molecule has 0 bridgehead atoms. The Morgan fingerprint density at radius 2 is 2.17 bits per heavy atom. The zero-order chi connectivity index (χ0) is 9.40. The Labute approximate surface area is 75.5 Å². The van der Waals surface area contributed by atoms with Crippen LogP contribution in [0.2, 0.25) is 0 Å². The van der Waals surface area contributed by atoms with Gasteiger partial charge in [0.1, 0.15) is 0 Å². The van der Waals surface area contributed by atoms with Gasteiger partial charge in [-0.1, -0.05) is 6.92 Å². The predicted molar refractivity (Wildman–Crippen MR) is 47.5 cm³/mol. The van der Waals surface area contributed by atoms with Crippen molar-refractivity contribution in [3.8, 4) is 0 Å². The maximum absolute atomic E-state index is 10.6. The minimum Gasteiger partial charge on any atom is -0.382 e. The number of methoxy groups -OCH3 is 1. The van der Waals surface area contributed by atoms with Gasteiger partial charge in [0.2, 0.25) is 0 Å². The summed E-state index contributed by atoms with van der Waals surface area (Å²) in [6, 6.07) is 0. The van der Waals surface area contributed by atoms with Gasteiger partial charge < -0.3 is 14.0 Å². The first-order valence-corrected chi connectivity index (χ1v) is 5.05. The Morgan fingerprint density at radius 3 is 2.58 bits per heavy atom. The maximum Gasteiger partial charge on any atom is 0.158 e. The maximum atomic E-state index is 10.6. The molecule has 74 valence electrons. The van der Waals surface area contributed by atoms with E-state index in [1.54, 1.807) is 7.11 Å². The molecule has 0 aliphatic heterocycles. The quantitative estimate of drug-likeness (QED) is 0.480. The summed E-state index contributed by atoms with van der Waals surface area (Å²) < 4.78 is 29.2. The molecule has 4 nitrogen and oxygen atoms in total. The van der Waals surface area contributed by atoms with E-state index < -0.39 is 11.1 Å². The molecule has 0 radical (unpaired) electrons. The van der Waals surface area contributed by atoms with Gasteiger partial charge in [-0.15, -0.1) is 0 Å². The highest BCUT2D eigenvalue weighted by Crippen LogP contribution is 1.99. The fourth-order valence-electron chi connectivity index (χ4n) is 0.676. The molecular weight excluding hydrogens is 180 g/mol. The summed E-state index contributed by atoms with van der Waals surface area (Å²) in [5, 5.41) is -0.276. The second-order valence-electron chi connectivity index (χ2n) is 2.37. The molecule has 0 heterocycles. The van der Waals surface area contributed by atoms with E-state index in [0.717, 1.165) is 0 Å².